The number of hydrogen-bond acceptors (Lipinski definition) is 5. The second kappa shape index (κ2) is 8.61. The minimum atomic E-state index is -0.617. The molecule has 3 rings (SSSR count). The zero-order valence-corrected chi connectivity index (χ0v) is 17.9. The smallest absolute Gasteiger partial charge is 0.330 e. The molecule has 3 aromatic heterocycles. The SMILES string of the molecule is CC(C)Cn1c(=O)[nH]c(=O)c2c(C(=O)N[C@H](C)c3ccccn3)cc(C(C)C)nc21. The van der Waals surface area contributed by atoms with Crippen molar-refractivity contribution >= 4 is 16.9 Å². The van der Waals surface area contributed by atoms with Crippen molar-refractivity contribution in [3.63, 3.8) is 0 Å². The van der Waals surface area contributed by atoms with Crippen molar-refractivity contribution in [2.45, 2.75) is 53.1 Å². The van der Waals surface area contributed by atoms with Gasteiger partial charge in [0, 0.05) is 18.4 Å². The average molecular weight is 409 g/mol. The third-order valence-electron chi connectivity index (χ3n) is 4.83. The monoisotopic (exact) mass is 409 g/mol. The molecule has 0 fully saturated rings. The van der Waals surface area contributed by atoms with Gasteiger partial charge in [-0.05, 0) is 37.0 Å². The van der Waals surface area contributed by atoms with Gasteiger partial charge < -0.3 is 5.32 Å². The second-order valence-corrected chi connectivity index (χ2v) is 8.16. The molecule has 0 radical (unpaired) electrons. The first-order valence-electron chi connectivity index (χ1n) is 10.1. The van der Waals surface area contributed by atoms with E-state index in [0.29, 0.717) is 17.9 Å². The summed E-state index contributed by atoms with van der Waals surface area (Å²) in [5, 5.41) is 3.02. The lowest BCUT2D eigenvalue weighted by Gasteiger charge is -2.17. The highest BCUT2D eigenvalue weighted by molar-refractivity contribution is 6.05. The summed E-state index contributed by atoms with van der Waals surface area (Å²) in [7, 11) is 0. The van der Waals surface area contributed by atoms with E-state index in [4.69, 9.17) is 0 Å². The van der Waals surface area contributed by atoms with E-state index >= 15 is 0 Å². The quantitative estimate of drug-likeness (QED) is 0.650. The van der Waals surface area contributed by atoms with Crippen LogP contribution in [0.15, 0.2) is 40.1 Å². The summed E-state index contributed by atoms with van der Waals surface area (Å²) < 4.78 is 1.44. The van der Waals surface area contributed by atoms with E-state index in [0.717, 1.165) is 0 Å². The van der Waals surface area contributed by atoms with Gasteiger partial charge in [-0.15, -0.1) is 0 Å². The number of aromatic amines is 1. The van der Waals surface area contributed by atoms with Gasteiger partial charge in [0.25, 0.3) is 11.5 Å². The van der Waals surface area contributed by atoms with Crippen molar-refractivity contribution in [1.82, 2.24) is 24.8 Å². The molecule has 8 nitrogen and oxygen atoms in total. The number of H-pyrrole nitrogens is 1. The molecule has 0 saturated heterocycles. The molecule has 0 aliphatic heterocycles. The van der Waals surface area contributed by atoms with E-state index in [1.807, 2.05) is 46.8 Å². The predicted molar refractivity (Wildman–Crippen MR) is 116 cm³/mol. The fourth-order valence-corrected chi connectivity index (χ4v) is 3.28. The summed E-state index contributed by atoms with van der Waals surface area (Å²) in [5.41, 5.74) is 0.639. The van der Waals surface area contributed by atoms with E-state index in [9.17, 15) is 14.4 Å². The molecule has 0 bridgehead atoms. The number of rotatable bonds is 6. The van der Waals surface area contributed by atoms with E-state index in [2.05, 4.69) is 20.3 Å². The maximum atomic E-state index is 13.2. The molecule has 158 valence electrons. The van der Waals surface area contributed by atoms with Gasteiger partial charge in [-0.3, -0.25) is 24.1 Å². The van der Waals surface area contributed by atoms with Crippen molar-refractivity contribution in [1.29, 1.82) is 0 Å². The predicted octanol–water partition coefficient (Wildman–Crippen LogP) is 2.75. The first-order valence-corrected chi connectivity index (χ1v) is 10.1. The van der Waals surface area contributed by atoms with Crippen molar-refractivity contribution in [2.24, 2.45) is 5.92 Å². The van der Waals surface area contributed by atoms with Crippen LogP contribution in [-0.4, -0.2) is 25.4 Å². The number of pyridine rings is 2. The summed E-state index contributed by atoms with van der Waals surface area (Å²) in [6.45, 7) is 10.0. The lowest BCUT2D eigenvalue weighted by atomic mass is 10.0. The third kappa shape index (κ3) is 4.32. The van der Waals surface area contributed by atoms with Crippen LogP contribution in [-0.2, 0) is 6.54 Å². The van der Waals surface area contributed by atoms with Gasteiger partial charge in [-0.25, -0.2) is 9.78 Å². The van der Waals surface area contributed by atoms with Crippen LogP contribution in [0.5, 0.6) is 0 Å². The number of hydrogen-bond donors (Lipinski definition) is 2. The maximum Gasteiger partial charge on any atom is 0.330 e. The van der Waals surface area contributed by atoms with Gasteiger partial charge >= 0.3 is 5.69 Å². The summed E-state index contributed by atoms with van der Waals surface area (Å²) in [6, 6.07) is 6.75. The normalized spacial score (nSPS) is 12.5. The molecule has 3 heterocycles. The van der Waals surface area contributed by atoms with Crippen LogP contribution in [0, 0.1) is 5.92 Å². The van der Waals surface area contributed by atoms with Gasteiger partial charge in [-0.1, -0.05) is 33.8 Å². The molecular weight excluding hydrogens is 382 g/mol. The van der Waals surface area contributed by atoms with Crippen LogP contribution in [0.2, 0.25) is 0 Å². The van der Waals surface area contributed by atoms with E-state index < -0.39 is 17.2 Å². The molecule has 8 heteroatoms. The Hall–Kier alpha value is -3.29. The van der Waals surface area contributed by atoms with Gasteiger partial charge in [0.1, 0.15) is 0 Å². The molecule has 1 atom stereocenters. The Morgan fingerprint density at radius 1 is 1.13 bits per heavy atom. The Balaban J connectivity index is 2.19. The highest BCUT2D eigenvalue weighted by Gasteiger charge is 2.22. The van der Waals surface area contributed by atoms with Crippen LogP contribution < -0.4 is 16.6 Å². The number of carbonyl (C=O) groups is 1. The standard InChI is InChI=1S/C22H27N5O3/c1-12(2)11-27-19-18(21(29)26-22(27)30)15(10-17(25-19)13(3)4)20(28)24-14(5)16-8-6-7-9-23-16/h6-10,12-14H,11H2,1-5H3,(H,24,28)(H,26,29,30)/t14-/m1/s1. The van der Waals surface area contributed by atoms with E-state index in [1.54, 1.807) is 18.3 Å². The third-order valence-corrected chi connectivity index (χ3v) is 4.83. The second-order valence-electron chi connectivity index (χ2n) is 8.16. The fraction of sp³-hybridized carbons (Fsp3) is 0.409. The summed E-state index contributed by atoms with van der Waals surface area (Å²) in [4.78, 5) is 49.5. The zero-order valence-electron chi connectivity index (χ0n) is 17.9. The van der Waals surface area contributed by atoms with Crippen LogP contribution in [0.1, 0.15) is 68.3 Å². The Morgan fingerprint density at radius 3 is 2.47 bits per heavy atom. The minimum Gasteiger partial charge on any atom is -0.344 e. The van der Waals surface area contributed by atoms with Crippen molar-refractivity contribution < 1.29 is 4.79 Å². The molecule has 0 saturated carbocycles. The topological polar surface area (TPSA) is 110 Å². The Bertz CT molecular complexity index is 1180. The first kappa shape index (κ1) is 21.4. The van der Waals surface area contributed by atoms with Gasteiger partial charge in [0.2, 0.25) is 0 Å². The molecule has 2 N–H and O–H groups in total. The van der Waals surface area contributed by atoms with Gasteiger partial charge in [0.05, 0.1) is 22.7 Å². The molecule has 30 heavy (non-hydrogen) atoms. The van der Waals surface area contributed by atoms with Crippen molar-refractivity contribution in [2.75, 3.05) is 0 Å². The van der Waals surface area contributed by atoms with E-state index in [-0.39, 0.29) is 34.5 Å². The van der Waals surface area contributed by atoms with E-state index in [1.165, 1.54) is 4.57 Å². The zero-order chi connectivity index (χ0) is 22.0. The number of fused-ring (bicyclic) bond motifs is 1. The maximum absolute atomic E-state index is 13.2. The van der Waals surface area contributed by atoms with Crippen LogP contribution >= 0.6 is 0 Å². The van der Waals surface area contributed by atoms with Gasteiger partial charge in [0.15, 0.2) is 5.65 Å². The summed E-state index contributed by atoms with van der Waals surface area (Å²) in [6.07, 6.45) is 1.66. The number of nitrogens with one attached hydrogen (secondary N) is 2. The van der Waals surface area contributed by atoms with Crippen LogP contribution in [0.25, 0.3) is 11.0 Å². The number of carbonyl (C=O) groups excluding carboxylic acids is 1. The highest BCUT2D eigenvalue weighted by Crippen LogP contribution is 2.21. The number of aromatic nitrogens is 4. The van der Waals surface area contributed by atoms with Gasteiger partial charge in [-0.2, -0.15) is 0 Å². The largest absolute Gasteiger partial charge is 0.344 e. The Kier molecular flexibility index (Phi) is 6.14. The highest BCUT2D eigenvalue weighted by atomic mass is 16.2. The lowest BCUT2D eigenvalue weighted by molar-refractivity contribution is 0.0940. The van der Waals surface area contributed by atoms with Crippen LogP contribution in [0.4, 0.5) is 0 Å². The van der Waals surface area contributed by atoms with Crippen molar-refractivity contribution in [3.8, 4) is 0 Å². The average Bonchev–Trinajstić information content (AvgIpc) is 2.70. The molecule has 0 aliphatic rings. The summed E-state index contributed by atoms with van der Waals surface area (Å²) >= 11 is 0. The number of amides is 1. The molecule has 3 aromatic rings. The van der Waals surface area contributed by atoms with Crippen LogP contribution in [0.3, 0.4) is 0 Å². The fourth-order valence-electron chi connectivity index (χ4n) is 3.28. The lowest BCUT2D eigenvalue weighted by Crippen LogP contribution is -2.35. The Labute approximate surface area is 174 Å². The van der Waals surface area contributed by atoms with Crippen molar-refractivity contribution in [3.05, 3.63) is 68.3 Å². The molecule has 0 spiro atoms. The molecule has 0 aromatic carbocycles. The molecule has 0 aliphatic carbocycles. The minimum absolute atomic E-state index is 0.0102. The summed E-state index contributed by atoms with van der Waals surface area (Å²) in [5.74, 6) is -0.249. The molecule has 1 amide bonds. The Morgan fingerprint density at radius 2 is 1.87 bits per heavy atom. The first-order chi connectivity index (χ1) is 14.2. The molecular formula is C22H27N5O3. The number of nitrogens with zero attached hydrogens (tertiary/aromatic N) is 3. The molecule has 0 unspecified atom stereocenters.